The summed E-state index contributed by atoms with van der Waals surface area (Å²) in [6.45, 7) is 4.08. The van der Waals surface area contributed by atoms with Crippen LogP contribution in [0.3, 0.4) is 0 Å². The second-order valence-corrected chi connectivity index (χ2v) is 4.89. The first-order valence-electron chi connectivity index (χ1n) is 5.98. The molecule has 0 saturated heterocycles. The first-order valence-corrected chi connectivity index (χ1v) is 6.36. The molecule has 1 N–H and O–H groups in total. The van der Waals surface area contributed by atoms with Gasteiger partial charge in [-0.05, 0) is 55.9 Å². The summed E-state index contributed by atoms with van der Waals surface area (Å²) in [4.78, 5) is 10.4. The molecule has 94 valence electrons. The number of aliphatic carboxylic acids is 1. The van der Waals surface area contributed by atoms with E-state index in [2.05, 4.69) is 13.0 Å². The Kier molecular flexibility index (Phi) is 5.49. The minimum atomic E-state index is -0.705. The van der Waals surface area contributed by atoms with Crippen LogP contribution in [0.1, 0.15) is 42.4 Å². The summed E-state index contributed by atoms with van der Waals surface area (Å²) in [6.07, 6.45) is 4.05. The standard InChI is InChI=1S/C14H19ClO2/c1-10-9-13(15)11(2)8-12(10)6-4-3-5-7-14(16)17/h8-9H,3-7H2,1-2H3,(H,16,17). The topological polar surface area (TPSA) is 37.3 Å². The van der Waals surface area contributed by atoms with E-state index in [9.17, 15) is 4.79 Å². The summed E-state index contributed by atoms with van der Waals surface area (Å²) < 4.78 is 0. The highest BCUT2D eigenvalue weighted by Crippen LogP contribution is 2.22. The summed E-state index contributed by atoms with van der Waals surface area (Å²) in [5.74, 6) is -0.705. The van der Waals surface area contributed by atoms with Crippen LogP contribution < -0.4 is 0 Å². The summed E-state index contributed by atoms with van der Waals surface area (Å²) in [5.41, 5.74) is 3.65. The number of carboxylic acid groups (broad SMARTS) is 1. The lowest BCUT2D eigenvalue weighted by Gasteiger charge is -2.08. The predicted octanol–water partition coefficient (Wildman–Crippen LogP) is 4.14. The van der Waals surface area contributed by atoms with Gasteiger partial charge in [-0.15, -0.1) is 0 Å². The van der Waals surface area contributed by atoms with Crippen molar-refractivity contribution in [3.63, 3.8) is 0 Å². The fourth-order valence-corrected chi connectivity index (χ4v) is 2.10. The number of aryl methyl sites for hydroxylation is 3. The van der Waals surface area contributed by atoms with Gasteiger partial charge in [0.15, 0.2) is 0 Å². The number of hydrogen-bond donors (Lipinski definition) is 1. The second-order valence-electron chi connectivity index (χ2n) is 4.48. The van der Waals surface area contributed by atoms with E-state index in [0.717, 1.165) is 36.3 Å². The van der Waals surface area contributed by atoms with Gasteiger partial charge in [0.1, 0.15) is 0 Å². The molecule has 0 amide bonds. The number of benzene rings is 1. The Hall–Kier alpha value is -1.02. The normalized spacial score (nSPS) is 10.5. The van der Waals surface area contributed by atoms with Crippen LogP contribution in [0, 0.1) is 13.8 Å². The van der Waals surface area contributed by atoms with E-state index in [1.165, 1.54) is 11.1 Å². The highest BCUT2D eigenvalue weighted by molar-refractivity contribution is 6.31. The lowest BCUT2D eigenvalue weighted by atomic mass is 9.99. The van der Waals surface area contributed by atoms with Crippen LogP contribution in [0.15, 0.2) is 12.1 Å². The van der Waals surface area contributed by atoms with Gasteiger partial charge in [-0.2, -0.15) is 0 Å². The smallest absolute Gasteiger partial charge is 0.303 e. The maximum atomic E-state index is 10.4. The molecule has 2 nitrogen and oxygen atoms in total. The van der Waals surface area contributed by atoms with Crippen LogP contribution in [0.4, 0.5) is 0 Å². The van der Waals surface area contributed by atoms with Crippen molar-refractivity contribution in [3.8, 4) is 0 Å². The SMILES string of the molecule is Cc1cc(CCCCCC(=O)O)c(C)cc1Cl. The molecule has 0 atom stereocenters. The van der Waals surface area contributed by atoms with Crippen molar-refractivity contribution in [1.82, 2.24) is 0 Å². The average molecular weight is 255 g/mol. The molecule has 3 heteroatoms. The second kappa shape index (κ2) is 6.65. The van der Waals surface area contributed by atoms with E-state index in [0.29, 0.717) is 0 Å². The van der Waals surface area contributed by atoms with Gasteiger partial charge in [0.05, 0.1) is 0 Å². The highest BCUT2D eigenvalue weighted by Gasteiger charge is 2.03. The Labute approximate surface area is 108 Å². The Bertz CT molecular complexity index is 399. The minimum absolute atomic E-state index is 0.276. The van der Waals surface area contributed by atoms with E-state index < -0.39 is 5.97 Å². The molecule has 0 radical (unpaired) electrons. The summed E-state index contributed by atoms with van der Waals surface area (Å²) in [5, 5.41) is 9.34. The molecule has 17 heavy (non-hydrogen) atoms. The van der Waals surface area contributed by atoms with Gasteiger partial charge in [0.25, 0.3) is 0 Å². The minimum Gasteiger partial charge on any atom is -0.481 e. The van der Waals surface area contributed by atoms with E-state index in [-0.39, 0.29) is 6.42 Å². The molecule has 0 saturated carbocycles. The number of carbonyl (C=O) groups is 1. The molecule has 1 aromatic carbocycles. The maximum Gasteiger partial charge on any atom is 0.303 e. The van der Waals surface area contributed by atoms with Gasteiger partial charge >= 0.3 is 5.97 Å². The molecule has 0 fully saturated rings. The Morgan fingerprint density at radius 3 is 2.53 bits per heavy atom. The summed E-state index contributed by atoms with van der Waals surface area (Å²) in [7, 11) is 0. The molecule has 1 aromatic rings. The van der Waals surface area contributed by atoms with E-state index in [1.54, 1.807) is 0 Å². The predicted molar refractivity (Wildman–Crippen MR) is 70.7 cm³/mol. The quantitative estimate of drug-likeness (QED) is 0.775. The zero-order chi connectivity index (χ0) is 12.8. The lowest BCUT2D eigenvalue weighted by Crippen LogP contribution is -1.95. The van der Waals surface area contributed by atoms with E-state index in [1.807, 2.05) is 13.0 Å². The summed E-state index contributed by atoms with van der Waals surface area (Å²) >= 11 is 6.04. The van der Waals surface area contributed by atoms with Gasteiger partial charge in [-0.1, -0.05) is 24.1 Å². The van der Waals surface area contributed by atoms with Gasteiger partial charge < -0.3 is 5.11 Å². The zero-order valence-electron chi connectivity index (χ0n) is 10.4. The third kappa shape index (κ3) is 4.78. The Balaban J connectivity index is 2.41. The molecule has 0 spiro atoms. The van der Waals surface area contributed by atoms with E-state index >= 15 is 0 Å². The van der Waals surface area contributed by atoms with Crippen LogP contribution in [-0.2, 0) is 11.2 Å². The number of halogens is 1. The summed E-state index contributed by atoms with van der Waals surface area (Å²) in [6, 6.07) is 4.14. The maximum absolute atomic E-state index is 10.4. The molecule has 0 heterocycles. The molecule has 0 unspecified atom stereocenters. The van der Waals surface area contributed by atoms with Gasteiger partial charge in [0.2, 0.25) is 0 Å². The fourth-order valence-electron chi connectivity index (χ4n) is 1.88. The van der Waals surface area contributed by atoms with Gasteiger partial charge in [0, 0.05) is 11.4 Å². The van der Waals surface area contributed by atoms with Crippen molar-refractivity contribution < 1.29 is 9.90 Å². The number of carboxylic acids is 1. The Morgan fingerprint density at radius 1 is 1.18 bits per heavy atom. The Morgan fingerprint density at radius 2 is 1.88 bits per heavy atom. The zero-order valence-corrected chi connectivity index (χ0v) is 11.2. The van der Waals surface area contributed by atoms with E-state index in [4.69, 9.17) is 16.7 Å². The van der Waals surface area contributed by atoms with Crippen molar-refractivity contribution in [2.75, 3.05) is 0 Å². The van der Waals surface area contributed by atoms with Crippen molar-refractivity contribution in [2.45, 2.75) is 46.0 Å². The van der Waals surface area contributed by atoms with Crippen LogP contribution in [-0.4, -0.2) is 11.1 Å². The van der Waals surface area contributed by atoms with Crippen molar-refractivity contribution in [3.05, 3.63) is 33.8 Å². The molecule has 1 rings (SSSR count). The monoisotopic (exact) mass is 254 g/mol. The van der Waals surface area contributed by atoms with Gasteiger partial charge in [-0.25, -0.2) is 0 Å². The third-order valence-electron chi connectivity index (χ3n) is 2.95. The third-order valence-corrected chi connectivity index (χ3v) is 3.36. The molecule has 0 bridgehead atoms. The first-order chi connectivity index (χ1) is 8.00. The van der Waals surface area contributed by atoms with Crippen LogP contribution in [0.2, 0.25) is 5.02 Å². The molecular weight excluding hydrogens is 236 g/mol. The van der Waals surface area contributed by atoms with Gasteiger partial charge in [-0.3, -0.25) is 4.79 Å². The largest absolute Gasteiger partial charge is 0.481 e. The molecule has 0 aliphatic heterocycles. The van der Waals surface area contributed by atoms with Crippen LogP contribution >= 0.6 is 11.6 Å². The molecule has 0 aromatic heterocycles. The highest BCUT2D eigenvalue weighted by atomic mass is 35.5. The van der Waals surface area contributed by atoms with Crippen LogP contribution in [0.5, 0.6) is 0 Å². The molecular formula is C14H19ClO2. The number of rotatable bonds is 6. The molecule has 0 aliphatic carbocycles. The molecule has 0 aliphatic rings. The average Bonchev–Trinajstić information content (AvgIpc) is 2.24. The number of unbranched alkanes of at least 4 members (excludes halogenated alkanes) is 2. The van der Waals surface area contributed by atoms with Crippen molar-refractivity contribution >= 4 is 17.6 Å². The van der Waals surface area contributed by atoms with Crippen molar-refractivity contribution in [1.29, 1.82) is 0 Å². The number of hydrogen-bond acceptors (Lipinski definition) is 1. The van der Waals surface area contributed by atoms with Crippen molar-refractivity contribution in [2.24, 2.45) is 0 Å². The fraction of sp³-hybridized carbons (Fsp3) is 0.500. The first kappa shape index (κ1) is 14.0. The lowest BCUT2D eigenvalue weighted by molar-refractivity contribution is -0.137. The van der Waals surface area contributed by atoms with Crippen LogP contribution in [0.25, 0.3) is 0 Å².